The highest BCUT2D eigenvalue weighted by Crippen LogP contribution is 2.17. The molecule has 2 heterocycles. The molecule has 0 atom stereocenters. The number of aromatic nitrogens is 2. The molecule has 1 aliphatic rings. The number of benzene rings is 2. The Balaban J connectivity index is 1.58. The molecule has 0 amide bonds. The van der Waals surface area contributed by atoms with Crippen LogP contribution in [-0.2, 0) is 17.7 Å². The predicted molar refractivity (Wildman–Crippen MR) is 107 cm³/mol. The Labute approximate surface area is 163 Å². The van der Waals surface area contributed by atoms with Crippen LogP contribution >= 0.6 is 0 Å². The van der Waals surface area contributed by atoms with Crippen molar-refractivity contribution in [1.29, 1.82) is 0 Å². The van der Waals surface area contributed by atoms with Gasteiger partial charge in [-0.2, -0.15) is 5.10 Å². The highest BCUT2D eigenvalue weighted by atomic mass is 19.1. The summed E-state index contributed by atoms with van der Waals surface area (Å²) in [5, 5.41) is 6.21. The van der Waals surface area contributed by atoms with Gasteiger partial charge in [-0.05, 0) is 30.2 Å². The first-order valence-corrected chi connectivity index (χ1v) is 9.74. The molecular formula is C22H24FN3O2. The van der Waals surface area contributed by atoms with Gasteiger partial charge in [0.05, 0.1) is 24.3 Å². The van der Waals surface area contributed by atoms with Crippen LogP contribution in [0.4, 0.5) is 4.39 Å². The smallest absolute Gasteiger partial charge is 0.274 e. The Kier molecular flexibility index (Phi) is 5.78. The van der Waals surface area contributed by atoms with Crippen LogP contribution in [0.15, 0.2) is 53.3 Å². The van der Waals surface area contributed by atoms with E-state index >= 15 is 0 Å². The van der Waals surface area contributed by atoms with Crippen LogP contribution in [0.5, 0.6) is 0 Å². The predicted octanol–water partition coefficient (Wildman–Crippen LogP) is 2.85. The monoisotopic (exact) mass is 381 g/mol. The molecule has 4 rings (SSSR count). The van der Waals surface area contributed by atoms with E-state index < -0.39 is 0 Å². The van der Waals surface area contributed by atoms with Gasteiger partial charge in [0.1, 0.15) is 5.82 Å². The molecule has 146 valence electrons. The maximum Gasteiger partial charge on any atom is 0.274 e. The number of halogens is 1. The number of rotatable bonds is 6. The second kappa shape index (κ2) is 8.63. The summed E-state index contributed by atoms with van der Waals surface area (Å²) < 4.78 is 20.2. The van der Waals surface area contributed by atoms with Crippen LogP contribution in [0.25, 0.3) is 10.8 Å². The van der Waals surface area contributed by atoms with Crippen LogP contribution in [0.2, 0.25) is 0 Å². The van der Waals surface area contributed by atoms with Crippen molar-refractivity contribution in [3.63, 3.8) is 0 Å². The first-order valence-electron chi connectivity index (χ1n) is 9.74. The summed E-state index contributed by atoms with van der Waals surface area (Å²) >= 11 is 0. The molecule has 3 aromatic rings. The summed E-state index contributed by atoms with van der Waals surface area (Å²) in [4.78, 5) is 15.2. The van der Waals surface area contributed by atoms with Crippen LogP contribution < -0.4 is 5.56 Å². The largest absolute Gasteiger partial charge is 0.379 e. The van der Waals surface area contributed by atoms with E-state index in [0.717, 1.165) is 55.9 Å². The normalized spacial score (nSPS) is 15.2. The van der Waals surface area contributed by atoms with Crippen molar-refractivity contribution < 1.29 is 9.13 Å². The zero-order valence-corrected chi connectivity index (χ0v) is 15.8. The highest BCUT2D eigenvalue weighted by Gasteiger charge is 2.13. The lowest BCUT2D eigenvalue weighted by Crippen LogP contribution is -2.37. The molecule has 1 saturated heterocycles. The van der Waals surface area contributed by atoms with Gasteiger partial charge in [0, 0.05) is 38.0 Å². The fourth-order valence-electron chi connectivity index (χ4n) is 3.65. The fraction of sp³-hybridized carbons (Fsp3) is 0.364. The summed E-state index contributed by atoms with van der Waals surface area (Å²) in [6, 6.07) is 14.0. The number of nitrogens with zero attached hydrogens (tertiary/aromatic N) is 3. The Morgan fingerprint density at radius 2 is 1.68 bits per heavy atom. The number of morpholine rings is 1. The first kappa shape index (κ1) is 18.8. The van der Waals surface area contributed by atoms with Crippen molar-refractivity contribution in [2.45, 2.75) is 19.4 Å². The van der Waals surface area contributed by atoms with Gasteiger partial charge < -0.3 is 4.74 Å². The molecule has 5 nitrogen and oxygen atoms in total. The minimum absolute atomic E-state index is 0.0552. The van der Waals surface area contributed by atoms with Gasteiger partial charge in [0.25, 0.3) is 5.56 Å². The van der Waals surface area contributed by atoms with Crippen LogP contribution in [0.3, 0.4) is 0 Å². The summed E-state index contributed by atoms with van der Waals surface area (Å²) in [6.07, 6.45) is 1.42. The molecule has 28 heavy (non-hydrogen) atoms. The third kappa shape index (κ3) is 4.29. The third-order valence-electron chi connectivity index (χ3n) is 5.18. The van der Waals surface area contributed by atoms with Gasteiger partial charge in [-0.3, -0.25) is 9.69 Å². The molecule has 0 spiro atoms. The van der Waals surface area contributed by atoms with Gasteiger partial charge >= 0.3 is 0 Å². The van der Waals surface area contributed by atoms with E-state index in [2.05, 4.69) is 10.00 Å². The molecule has 0 unspecified atom stereocenters. The van der Waals surface area contributed by atoms with Crippen molar-refractivity contribution >= 4 is 10.8 Å². The molecule has 1 aliphatic heterocycles. The molecule has 2 aromatic carbocycles. The van der Waals surface area contributed by atoms with E-state index in [1.807, 2.05) is 24.3 Å². The van der Waals surface area contributed by atoms with Gasteiger partial charge in [-0.25, -0.2) is 9.07 Å². The van der Waals surface area contributed by atoms with Crippen molar-refractivity contribution in [2.24, 2.45) is 0 Å². The zero-order valence-electron chi connectivity index (χ0n) is 15.8. The van der Waals surface area contributed by atoms with E-state index in [1.54, 1.807) is 16.8 Å². The van der Waals surface area contributed by atoms with E-state index in [-0.39, 0.29) is 11.4 Å². The lowest BCUT2D eigenvalue weighted by Gasteiger charge is -2.26. The van der Waals surface area contributed by atoms with Gasteiger partial charge in [-0.15, -0.1) is 0 Å². The molecule has 0 radical (unpaired) electrons. The molecule has 0 saturated carbocycles. The van der Waals surface area contributed by atoms with Crippen LogP contribution in [-0.4, -0.2) is 47.5 Å². The van der Waals surface area contributed by atoms with Crippen LogP contribution in [0, 0.1) is 5.82 Å². The fourth-order valence-corrected chi connectivity index (χ4v) is 3.65. The first-order chi connectivity index (χ1) is 13.7. The van der Waals surface area contributed by atoms with E-state index in [9.17, 15) is 9.18 Å². The molecular weight excluding hydrogens is 357 g/mol. The summed E-state index contributed by atoms with van der Waals surface area (Å²) in [5.41, 5.74) is 1.76. The second-order valence-corrected chi connectivity index (χ2v) is 7.13. The minimum atomic E-state index is -0.255. The Bertz CT molecular complexity index is 995. The Hall–Kier alpha value is -2.57. The quantitative estimate of drug-likeness (QED) is 0.659. The molecule has 0 bridgehead atoms. The summed E-state index contributed by atoms with van der Waals surface area (Å²) in [6.45, 7) is 4.94. The topological polar surface area (TPSA) is 47.4 Å². The van der Waals surface area contributed by atoms with Gasteiger partial charge in [-0.1, -0.05) is 30.3 Å². The van der Waals surface area contributed by atoms with E-state index in [4.69, 9.17) is 4.74 Å². The minimum Gasteiger partial charge on any atom is -0.379 e. The average molecular weight is 381 g/mol. The highest BCUT2D eigenvalue weighted by molar-refractivity contribution is 5.83. The molecule has 0 aliphatic carbocycles. The van der Waals surface area contributed by atoms with Crippen molar-refractivity contribution in [2.75, 3.05) is 32.8 Å². The van der Waals surface area contributed by atoms with Gasteiger partial charge in [0.15, 0.2) is 0 Å². The van der Waals surface area contributed by atoms with Crippen LogP contribution in [0.1, 0.15) is 17.7 Å². The van der Waals surface area contributed by atoms with E-state index in [1.165, 1.54) is 12.1 Å². The summed E-state index contributed by atoms with van der Waals surface area (Å²) in [5.74, 6) is -0.255. The second-order valence-electron chi connectivity index (χ2n) is 7.13. The van der Waals surface area contributed by atoms with Crippen molar-refractivity contribution in [3.8, 4) is 0 Å². The van der Waals surface area contributed by atoms with Gasteiger partial charge in [0.2, 0.25) is 0 Å². The lowest BCUT2D eigenvalue weighted by atomic mass is 10.0. The maximum atomic E-state index is 13.2. The maximum absolute atomic E-state index is 13.2. The van der Waals surface area contributed by atoms with E-state index in [0.29, 0.717) is 18.4 Å². The number of hydrogen-bond acceptors (Lipinski definition) is 4. The summed E-state index contributed by atoms with van der Waals surface area (Å²) in [7, 11) is 0. The third-order valence-corrected chi connectivity index (χ3v) is 5.18. The average Bonchev–Trinajstić information content (AvgIpc) is 2.73. The number of ether oxygens (including phenoxy) is 1. The molecule has 1 aromatic heterocycles. The zero-order chi connectivity index (χ0) is 19.3. The molecule has 6 heteroatoms. The number of hydrogen-bond donors (Lipinski definition) is 0. The standard InChI is InChI=1S/C22H24FN3O2/c23-18-8-6-17(7-9-18)16-21-19-4-1-2-5-20(19)22(27)26(24-21)11-3-10-25-12-14-28-15-13-25/h1-2,4-9H,3,10-16H2. The Morgan fingerprint density at radius 3 is 2.43 bits per heavy atom. The lowest BCUT2D eigenvalue weighted by molar-refractivity contribution is 0.0368. The number of fused-ring (bicyclic) bond motifs is 1. The van der Waals surface area contributed by atoms with Crippen molar-refractivity contribution in [3.05, 3.63) is 76.0 Å². The Morgan fingerprint density at radius 1 is 0.964 bits per heavy atom. The molecule has 1 fully saturated rings. The van der Waals surface area contributed by atoms with Crippen molar-refractivity contribution in [1.82, 2.24) is 14.7 Å². The number of aryl methyl sites for hydroxylation is 1. The SMILES string of the molecule is O=c1c2ccccc2c(Cc2ccc(F)cc2)nn1CCCN1CCOCC1. The molecule has 0 N–H and O–H groups in total.